The summed E-state index contributed by atoms with van der Waals surface area (Å²) in [6, 6.07) is 17.0. The van der Waals surface area contributed by atoms with Gasteiger partial charge in [0.05, 0.1) is 0 Å². The van der Waals surface area contributed by atoms with Crippen molar-refractivity contribution >= 4 is 0 Å². The minimum absolute atomic E-state index is 0.0451. The zero-order chi connectivity index (χ0) is 18.1. The monoisotopic (exact) mass is 364 g/mol. The minimum Gasteiger partial charge on any atom is -0.484 e. The van der Waals surface area contributed by atoms with Gasteiger partial charge >= 0.3 is 0 Å². The van der Waals surface area contributed by atoms with Crippen molar-refractivity contribution in [3.05, 3.63) is 59.7 Å². The highest BCUT2D eigenvalue weighted by atomic mass is 16.6. The molecule has 2 aliphatic heterocycles. The van der Waals surface area contributed by atoms with Crippen LogP contribution in [-0.4, -0.2) is 55.4 Å². The van der Waals surface area contributed by atoms with Crippen molar-refractivity contribution < 1.29 is 9.47 Å². The molecule has 0 spiro atoms. The fourth-order valence-electron chi connectivity index (χ4n) is 4.75. The van der Waals surface area contributed by atoms with E-state index in [0.717, 1.165) is 43.6 Å². The van der Waals surface area contributed by atoms with Crippen LogP contribution < -0.4 is 9.47 Å². The number of hydrogen-bond acceptors (Lipinski definition) is 4. The lowest BCUT2D eigenvalue weighted by molar-refractivity contribution is -0.0494. The first-order chi connectivity index (χ1) is 13.4. The van der Waals surface area contributed by atoms with E-state index in [1.54, 1.807) is 11.1 Å². The number of nitrogens with zero attached hydrogens (tertiary/aromatic N) is 2. The molecule has 0 N–H and O–H groups in total. The average molecular weight is 364 g/mol. The Morgan fingerprint density at radius 2 is 1.67 bits per heavy atom. The van der Waals surface area contributed by atoms with Crippen molar-refractivity contribution in [3.63, 3.8) is 0 Å². The first kappa shape index (κ1) is 17.1. The molecular formula is C23H28N2O2. The maximum absolute atomic E-state index is 6.17. The molecule has 2 unspecified atom stereocenters. The van der Waals surface area contributed by atoms with E-state index in [-0.39, 0.29) is 6.23 Å². The smallest absolute Gasteiger partial charge is 0.187 e. The molecule has 2 heterocycles. The summed E-state index contributed by atoms with van der Waals surface area (Å²) in [5, 5.41) is 0. The zero-order valence-electron chi connectivity index (χ0n) is 15.8. The predicted molar refractivity (Wildman–Crippen MR) is 106 cm³/mol. The van der Waals surface area contributed by atoms with Gasteiger partial charge in [-0.3, -0.25) is 4.90 Å². The number of fused-ring (bicyclic) bond motifs is 2. The molecule has 27 heavy (non-hydrogen) atoms. The summed E-state index contributed by atoms with van der Waals surface area (Å²) in [6.07, 6.45) is 3.91. The van der Waals surface area contributed by atoms with Crippen LogP contribution >= 0.6 is 0 Å². The Morgan fingerprint density at radius 1 is 0.889 bits per heavy atom. The van der Waals surface area contributed by atoms with E-state index in [4.69, 9.17) is 9.47 Å². The molecule has 0 aromatic heterocycles. The molecule has 0 saturated carbocycles. The topological polar surface area (TPSA) is 24.9 Å². The van der Waals surface area contributed by atoms with Crippen molar-refractivity contribution in [1.82, 2.24) is 9.80 Å². The van der Waals surface area contributed by atoms with Gasteiger partial charge in [0.25, 0.3) is 0 Å². The van der Waals surface area contributed by atoms with Gasteiger partial charge in [-0.1, -0.05) is 36.4 Å². The second-order valence-corrected chi connectivity index (χ2v) is 7.93. The molecule has 0 bridgehead atoms. The highest BCUT2D eigenvalue weighted by molar-refractivity contribution is 5.40. The van der Waals surface area contributed by atoms with Gasteiger partial charge in [0.2, 0.25) is 0 Å². The molecule has 4 nitrogen and oxygen atoms in total. The Bertz CT molecular complexity index is 785. The number of para-hydroxylation sites is 2. The van der Waals surface area contributed by atoms with Gasteiger partial charge in [-0.15, -0.1) is 0 Å². The highest BCUT2D eigenvalue weighted by Gasteiger charge is 2.30. The summed E-state index contributed by atoms with van der Waals surface area (Å²) in [6.45, 7) is 6.17. The van der Waals surface area contributed by atoms with Gasteiger partial charge in [0, 0.05) is 26.2 Å². The second kappa shape index (κ2) is 7.53. The molecular weight excluding hydrogens is 336 g/mol. The molecule has 142 valence electrons. The summed E-state index contributed by atoms with van der Waals surface area (Å²) >= 11 is 0. The Balaban J connectivity index is 1.11. The van der Waals surface area contributed by atoms with Crippen molar-refractivity contribution in [2.45, 2.75) is 31.4 Å². The summed E-state index contributed by atoms with van der Waals surface area (Å²) in [5.41, 5.74) is 3.17. The van der Waals surface area contributed by atoms with Crippen molar-refractivity contribution in [1.29, 1.82) is 0 Å². The Hall–Kier alpha value is -2.04. The number of rotatable bonds is 4. The summed E-state index contributed by atoms with van der Waals surface area (Å²) < 4.78 is 12.1. The van der Waals surface area contributed by atoms with Gasteiger partial charge < -0.3 is 14.4 Å². The molecule has 1 aliphatic carbocycles. The van der Waals surface area contributed by atoms with E-state index >= 15 is 0 Å². The quantitative estimate of drug-likeness (QED) is 0.829. The maximum atomic E-state index is 6.17. The largest absolute Gasteiger partial charge is 0.484 e. The van der Waals surface area contributed by atoms with Crippen LogP contribution in [0.4, 0.5) is 0 Å². The van der Waals surface area contributed by atoms with Crippen molar-refractivity contribution in [2.24, 2.45) is 0 Å². The van der Waals surface area contributed by atoms with Crippen molar-refractivity contribution in [3.8, 4) is 11.5 Å². The third-order valence-electron chi connectivity index (χ3n) is 6.36. The molecule has 2 atom stereocenters. The Kier molecular flexibility index (Phi) is 4.76. The molecule has 1 saturated heterocycles. The van der Waals surface area contributed by atoms with Crippen molar-refractivity contribution in [2.75, 3.05) is 39.3 Å². The van der Waals surface area contributed by atoms with Crippen LogP contribution in [0.15, 0.2) is 48.5 Å². The van der Waals surface area contributed by atoms with Gasteiger partial charge in [-0.25, -0.2) is 0 Å². The molecule has 2 aromatic rings. The minimum atomic E-state index is 0.0451. The van der Waals surface area contributed by atoms with Crippen LogP contribution in [0.5, 0.6) is 11.5 Å². The number of ether oxygens (including phenoxy) is 2. The molecule has 1 fully saturated rings. The van der Waals surface area contributed by atoms with Gasteiger partial charge in [-0.2, -0.15) is 0 Å². The fraction of sp³-hybridized carbons (Fsp3) is 0.478. The third-order valence-corrected chi connectivity index (χ3v) is 6.36. The third kappa shape index (κ3) is 3.56. The van der Waals surface area contributed by atoms with Gasteiger partial charge in [0.15, 0.2) is 17.7 Å². The van der Waals surface area contributed by atoms with Gasteiger partial charge in [0.1, 0.15) is 6.61 Å². The van der Waals surface area contributed by atoms with Crippen LogP contribution in [0.3, 0.4) is 0 Å². The lowest BCUT2D eigenvalue weighted by atomic mass is 9.97. The number of hydrogen-bond donors (Lipinski definition) is 0. The lowest BCUT2D eigenvalue weighted by Crippen LogP contribution is -2.54. The van der Waals surface area contributed by atoms with Crippen LogP contribution in [0.2, 0.25) is 0 Å². The van der Waals surface area contributed by atoms with Gasteiger partial charge in [-0.05, 0) is 55.0 Å². The maximum Gasteiger partial charge on any atom is 0.187 e. The molecule has 4 heteroatoms. The zero-order valence-corrected chi connectivity index (χ0v) is 15.8. The second-order valence-electron chi connectivity index (χ2n) is 7.93. The normalized spacial score (nSPS) is 25.3. The molecule has 5 rings (SSSR count). The number of benzene rings is 2. The standard InChI is InChI=1S/C23H28N2O2/c1-2-6-20-18(5-1)9-10-19(20)11-12-24-13-15-25(16-14-24)23-17-26-21-7-3-4-8-22(21)27-23/h1-8,19,23H,9-17H2. The Morgan fingerprint density at radius 3 is 2.56 bits per heavy atom. The first-order valence-electron chi connectivity index (χ1n) is 10.3. The van der Waals surface area contributed by atoms with E-state index in [9.17, 15) is 0 Å². The number of piperazine rings is 1. The number of aryl methyl sites for hydroxylation is 1. The highest BCUT2D eigenvalue weighted by Crippen LogP contribution is 2.35. The first-order valence-corrected chi connectivity index (χ1v) is 10.3. The van der Waals surface area contributed by atoms with Crippen LogP contribution in [0.1, 0.15) is 29.9 Å². The molecule has 0 amide bonds. The summed E-state index contributed by atoms with van der Waals surface area (Å²) in [5.74, 6) is 2.49. The van der Waals surface area contributed by atoms with E-state index in [1.165, 1.54) is 25.8 Å². The Labute approximate surface area is 161 Å². The molecule has 3 aliphatic rings. The predicted octanol–water partition coefficient (Wildman–Crippen LogP) is 3.52. The van der Waals surface area contributed by atoms with Crippen LogP contribution in [0, 0.1) is 0 Å². The summed E-state index contributed by atoms with van der Waals surface area (Å²) in [4.78, 5) is 5.05. The summed E-state index contributed by atoms with van der Waals surface area (Å²) in [7, 11) is 0. The van der Waals surface area contributed by atoms with E-state index in [1.807, 2.05) is 24.3 Å². The fourth-order valence-corrected chi connectivity index (χ4v) is 4.75. The van der Waals surface area contributed by atoms with E-state index < -0.39 is 0 Å². The SMILES string of the molecule is c1ccc2c(c1)CCC2CCN1CCN(C2COc3ccccc3O2)CC1. The molecule has 0 radical (unpaired) electrons. The van der Waals surface area contributed by atoms with E-state index in [2.05, 4.69) is 34.1 Å². The van der Waals surface area contributed by atoms with E-state index in [0.29, 0.717) is 6.61 Å². The van der Waals surface area contributed by atoms with Crippen LogP contribution in [-0.2, 0) is 6.42 Å². The lowest BCUT2D eigenvalue weighted by Gasteiger charge is -2.40. The average Bonchev–Trinajstić information content (AvgIpc) is 3.15. The molecule has 2 aromatic carbocycles. The van der Waals surface area contributed by atoms with Crippen LogP contribution in [0.25, 0.3) is 0 Å².